The Bertz CT molecular complexity index is 263. The standard InChI is InChI=1S/C6H3F3NS/c1-2-4-3-11-5(10-4)6(7,8)9/h1-3H. The molecule has 1 aromatic heterocycles. The summed E-state index contributed by atoms with van der Waals surface area (Å²) in [4.78, 5) is 3.21. The summed E-state index contributed by atoms with van der Waals surface area (Å²) in [5, 5.41) is 0.386. The van der Waals surface area contributed by atoms with Crippen LogP contribution < -0.4 is 0 Å². The van der Waals surface area contributed by atoms with Crippen molar-refractivity contribution in [1.82, 2.24) is 4.98 Å². The first-order valence-corrected chi connectivity index (χ1v) is 3.49. The monoisotopic (exact) mass is 178 g/mol. The van der Waals surface area contributed by atoms with E-state index < -0.39 is 11.2 Å². The molecule has 59 valence electrons. The quantitative estimate of drug-likeness (QED) is 0.644. The summed E-state index contributed by atoms with van der Waals surface area (Å²) in [5.74, 6) is 0. The Labute approximate surface area is 65.2 Å². The minimum atomic E-state index is -4.36. The molecule has 0 fully saturated rings. The molecule has 1 rings (SSSR count). The van der Waals surface area contributed by atoms with E-state index in [1.807, 2.05) is 0 Å². The lowest BCUT2D eigenvalue weighted by Gasteiger charge is -1.98. The highest BCUT2D eigenvalue weighted by Gasteiger charge is 2.34. The lowest BCUT2D eigenvalue weighted by molar-refractivity contribution is -0.137. The molecule has 1 nitrogen and oxygen atoms in total. The molecule has 0 aliphatic heterocycles. The van der Waals surface area contributed by atoms with Crippen LogP contribution in [0, 0.1) is 6.58 Å². The smallest absolute Gasteiger partial charge is 0.233 e. The number of hydrogen-bond acceptors (Lipinski definition) is 2. The second-order valence-electron chi connectivity index (χ2n) is 1.74. The third kappa shape index (κ3) is 1.80. The Morgan fingerprint density at radius 3 is 2.45 bits per heavy atom. The summed E-state index contributed by atoms with van der Waals surface area (Å²) >= 11 is 0.534. The molecule has 0 unspecified atom stereocenters. The molecule has 0 bridgehead atoms. The van der Waals surface area contributed by atoms with Gasteiger partial charge in [0.1, 0.15) is 0 Å². The second-order valence-corrected chi connectivity index (χ2v) is 2.60. The maximum Gasteiger partial charge on any atom is 0.443 e. The predicted molar refractivity (Wildman–Crippen MR) is 35.9 cm³/mol. The van der Waals surface area contributed by atoms with Gasteiger partial charge in [-0.15, -0.1) is 11.3 Å². The normalized spacial score (nSPS) is 11.5. The summed E-state index contributed by atoms with van der Waals surface area (Å²) in [5.41, 5.74) is 0.155. The fraction of sp³-hybridized carbons (Fsp3) is 0.167. The van der Waals surface area contributed by atoms with Crippen molar-refractivity contribution in [3.8, 4) is 0 Å². The first-order valence-electron chi connectivity index (χ1n) is 2.61. The van der Waals surface area contributed by atoms with E-state index in [4.69, 9.17) is 6.58 Å². The van der Waals surface area contributed by atoms with Gasteiger partial charge < -0.3 is 0 Å². The lowest BCUT2D eigenvalue weighted by Crippen LogP contribution is -2.03. The van der Waals surface area contributed by atoms with Crippen LogP contribution in [0.25, 0.3) is 6.08 Å². The summed E-state index contributed by atoms with van der Waals surface area (Å²) < 4.78 is 35.5. The Hall–Kier alpha value is -0.840. The lowest BCUT2D eigenvalue weighted by atomic mass is 10.5. The third-order valence-corrected chi connectivity index (χ3v) is 1.84. The van der Waals surface area contributed by atoms with E-state index in [2.05, 4.69) is 4.98 Å². The van der Waals surface area contributed by atoms with Gasteiger partial charge in [0.15, 0.2) is 5.01 Å². The van der Waals surface area contributed by atoms with E-state index in [1.165, 1.54) is 5.38 Å². The zero-order chi connectivity index (χ0) is 8.48. The van der Waals surface area contributed by atoms with E-state index in [0.717, 1.165) is 6.08 Å². The van der Waals surface area contributed by atoms with Crippen molar-refractivity contribution in [2.24, 2.45) is 0 Å². The van der Waals surface area contributed by atoms with E-state index in [9.17, 15) is 13.2 Å². The fourth-order valence-corrected chi connectivity index (χ4v) is 1.15. The number of nitrogens with zero attached hydrogens (tertiary/aromatic N) is 1. The van der Waals surface area contributed by atoms with Gasteiger partial charge in [-0.05, 0) is 6.08 Å². The Kier molecular flexibility index (Phi) is 1.99. The van der Waals surface area contributed by atoms with Crippen LogP contribution in [0.1, 0.15) is 10.7 Å². The zero-order valence-corrected chi connectivity index (χ0v) is 6.04. The molecule has 0 aliphatic rings. The molecule has 0 saturated heterocycles. The minimum absolute atomic E-state index is 0.155. The number of rotatable bonds is 1. The van der Waals surface area contributed by atoms with Crippen molar-refractivity contribution in [3.63, 3.8) is 0 Å². The summed E-state index contributed by atoms with van der Waals surface area (Å²) in [7, 11) is 0. The molecule has 1 radical (unpaired) electrons. The van der Waals surface area contributed by atoms with Crippen LogP contribution in [-0.2, 0) is 6.18 Å². The molecule has 0 atom stereocenters. The largest absolute Gasteiger partial charge is 0.443 e. The summed E-state index contributed by atoms with van der Waals surface area (Å²) in [6.45, 7) is 4.96. The van der Waals surface area contributed by atoms with Gasteiger partial charge in [0, 0.05) is 5.38 Å². The van der Waals surface area contributed by atoms with Gasteiger partial charge in [-0.1, -0.05) is 6.58 Å². The van der Waals surface area contributed by atoms with Gasteiger partial charge in [-0.2, -0.15) is 13.2 Å². The molecule has 5 heteroatoms. The van der Waals surface area contributed by atoms with Crippen molar-refractivity contribution in [3.05, 3.63) is 22.7 Å². The van der Waals surface area contributed by atoms with E-state index in [-0.39, 0.29) is 5.69 Å². The SMILES string of the molecule is [CH]=Cc1csc(C(F)(F)F)n1. The highest BCUT2D eigenvalue weighted by atomic mass is 32.1. The van der Waals surface area contributed by atoms with Gasteiger partial charge in [0.2, 0.25) is 0 Å². The second kappa shape index (κ2) is 2.65. The topological polar surface area (TPSA) is 12.9 Å². The maximum atomic E-state index is 11.8. The molecule has 0 aliphatic carbocycles. The van der Waals surface area contributed by atoms with Crippen LogP contribution in [-0.4, -0.2) is 4.98 Å². The molecule has 0 aromatic carbocycles. The zero-order valence-electron chi connectivity index (χ0n) is 5.22. The fourth-order valence-electron chi connectivity index (χ4n) is 0.493. The van der Waals surface area contributed by atoms with Crippen LogP contribution in [0.2, 0.25) is 0 Å². The molecule has 1 aromatic rings. The summed E-state index contributed by atoms with van der Waals surface area (Å²) in [6.07, 6.45) is -3.32. The van der Waals surface area contributed by atoms with Gasteiger partial charge in [-0.3, -0.25) is 0 Å². The minimum Gasteiger partial charge on any atom is -0.233 e. The molecular formula is C6H3F3NS. The predicted octanol–water partition coefficient (Wildman–Crippen LogP) is 2.61. The molecule has 0 N–H and O–H groups in total. The van der Waals surface area contributed by atoms with Crippen LogP contribution >= 0.6 is 11.3 Å². The first-order chi connectivity index (χ1) is 5.04. The average molecular weight is 178 g/mol. The van der Waals surface area contributed by atoms with Gasteiger partial charge in [0.25, 0.3) is 0 Å². The van der Waals surface area contributed by atoms with Crippen LogP contribution in [0.4, 0.5) is 13.2 Å². The Morgan fingerprint density at radius 1 is 1.55 bits per heavy atom. The molecule has 0 saturated carbocycles. The van der Waals surface area contributed by atoms with Crippen molar-refractivity contribution >= 4 is 17.4 Å². The van der Waals surface area contributed by atoms with Crippen LogP contribution in [0.5, 0.6) is 0 Å². The number of aromatic nitrogens is 1. The third-order valence-electron chi connectivity index (χ3n) is 0.935. The highest BCUT2D eigenvalue weighted by molar-refractivity contribution is 7.09. The van der Waals surface area contributed by atoms with E-state index in [1.54, 1.807) is 0 Å². The molecular weight excluding hydrogens is 175 g/mol. The van der Waals surface area contributed by atoms with E-state index in [0.29, 0.717) is 11.3 Å². The number of alkyl halides is 3. The molecule has 1 heterocycles. The van der Waals surface area contributed by atoms with Gasteiger partial charge in [-0.25, -0.2) is 4.98 Å². The average Bonchev–Trinajstić information content (AvgIpc) is 2.32. The van der Waals surface area contributed by atoms with Crippen molar-refractivity contribution in [1.29, 1.82) is 0 Å². The summed E-state index contributed by atoms with van der Waals surface area (Å²) in [6, 6.07) is 0. The number of halogens is 3. The Morgan fingerprint density at radius 2 is 2.18 bits per heavy atom. The van der Waals surface area contributed by atoms with Gasteiger partial charge in [0.05, 0.1) is 5.69 Å². The van der Waals surface area contributed by atoms with Gasteiger partial charge >= 0.3 is 6.18 Å². The number of hydrogen-bond donors (Lipinski definition) is 0. The first kappa shape index (κ1) is 8.26. The maximum absolute atomic E-state index is 11.8. The van der Waals surface area contributed by atoms with Crippen molar-refractivity contribution in [2.45, 2.75) is 6.18 Å². The van der Waals surface area contributed by atoms with Crippen molar-refractivity contribution in [2.75, 3.05) is 0 Å². The molecule has 0 spiro atoms. The molecule has 11 heavy (non-hydrogen) atoms. The Balaban J connectivity index is 2.98. The van der Waals surface area contributed by atoms with Crippen LogP contribution in [0.3, 0.4) is 0 Å². The van der Waals surface area contributed by atoms with Crippen LogP contribution in [0.15, 0.2) is 5.38 Å². The number of thiazole rings is 1. The highest BCUT2D eigenvalue weighted by Crippen LogP contribution is 2.31. The van der Waals surface area contributed by atoms with Crippen molar-refractivity contribution < 1.29 is 13.2 Å². The molecule has 0 amide bonds. The van der Waals surface area contributed by atoms with E-state index >= 15 is 0 Å².